The summed E-state index contributed by atoms with van der Waals surface area (Å²) in [6.07, 6.45) is 1.55. The van der Waals surface area contributed by atoms with Gasteiger partial charge in [-0.05, 0) is 24.3 Å². The molecule has 86 valence electrons. The number of rotatable bonds is 2. The number of anilines is 2. The molecule has 0 fully saturated rings. The van der Waals surface area contributed by atoms with Crippen LogP contribution in [0.25, 0.3) is 0 Å². The van der Waals surface area contributed by atoms with Crippen molar-refractivity contribution in [1.29, 1.82) is 0 Å². The Labute approximate surface area is 97.3 Å². The largest absolute Gasteiger partial charge is 0.396 e. The molecule has 0 bridgehead atoms. The maximum Gasteiger partial charge on any atom is 0.259 e. The van der Waals surface area contributed by atoms with Gasteiger partial charge in [-0.15, -0.1) is 0 Å². The van der Waals surface area contributed by atoms with Gasteiger partial charge in [-0.3, -0.25) is 4.79 Å². The molecule has 17 heavy (non-hydrogen) atoms. The fraction of sp³-hybridized carbons (Fsp3) is 0. The van der Waals surface area contributed by atoms with Crippen LogP contribution in [0.15, 0.2) is 42.6 Å². The summed E-state index contributed by atoms with van der Waals surface area (Å²) in [5.74, 6) is -0.708. The second kappa shape index (κ2) is 4.61. The Bertz CT molecular complexity index is 543. The van der Waals surface area contributed by atoms with Crippen LogP contribution >= 0.6 is 0 Å². The van der Waals surface area contributed by atoms with Gasteiger partial charge in [0.15, 0.2) is 0 Å². The number of nitrogens with zero attached hydrogens (tertiary/aromatic N) is 1. The van der Waals surface area contributed by atoms with Gasteiger partial charge in [0.2, 0.25) is 0 Å². The highest BCUT2D eigenvalue weighted by atomic mass is 19.1. The van der Waals surface area contributed by atoms with Gasteiger partial charge < -0.3 is 11.1 Å². The molecule has 0 unspecified atom stereocenters. The quantitative estimate of drug-likeness (QED) is 0.777. The van der Waals surface area contributed by atoms with Crippen molar-refractivity contribution in [3.63, 3.8) is 0 Å². The van der Waals surface area contributed by atoms with Gasteiger partial charge >= 0.3 is 0 Å². The minimum atomic E-state index is -0.612. The SMILES string of the molecule is Nc1c(F)cccc1C(=O)Nc1ccccn1. The standard InChI is InChI=1S/C12H10FN3O/c13-9-5-3-4-8(11(9)14)12(17)16-10-6-1-2-7-15-10/h1-7H,14H2,(H,15,16,17). The second-order valence-corrected chi connectivity index (χ2v) is 3.37. The van der Waals surface area contributed by atoms with Gasteiger partial charge in [-0.2, -0.15) is 0 Å². The van der Waals surface area contributed by atoms with Crippen LogP contribution in [0.5, 0.6) is 0 Å². The number of nitrogen functional groups attached to an aromatic ring is 1. The lowest BCUT2D eigenvalue weighted by Gasteiger charge is -2.06. The number of halogens is 1. The van der Waals surface area contributed by atoms with Crippen molar-refractivity contribution in [3.05, 3.63) is 54.0 Å². The number of aromatic nitrogens is 1. The highest BCUT2D eigenvalue weighted by molar-refractivity contribution is 6.07. The fourth-order valence-corrected chi connectivity index (χ4v) is 1.36. The van der Waals surface area contributed by atoms with Crippen molar-refractivity contribution in [3.8, 4) is 0 Å². The van der Waals surface area contributed by atoms with Crippen molar-refractivity contribution in [2.75, 3.05) is 11.1 Å². The Morgan fingerprint density at radius 1 is 1.24 bits per heavy atom. The molecule has 2 rings (SSSR count). The van der Waals surface area contributed by atoms with E-state index in [-0.39, 0.29) is 11.3 Å². The first kappa shape index (κ1) is 11.1. The molecule has 0 aliphatic heterocycles. The van der Waals surface area contributed by atoms with Crippen LogP contribution in [-0.4, -0.2) is 10.9 Å². The van der Waals surface area contributed by atoms with Gasteiger partial charge in [0.05, 0.1) is 11.3 Å². The normalized spacial score (nSPS) is 9.94. The molecule has 5 heteroatoms. The van der Waals surface area contributed by atoms with Crippen molar-refractivity contribution in [1.82, 2.24) is 4.98 Å². The van der Waals surface area contributed by atoms with E-state index in [1.165, 1.54) is 18.2 Å². The summed E-state index contributed by atoms with van der Waals surface area (Å²) in [5.41, 5.74) is 5.41. The van der Waals surface area contributed by atoms with Crippen LogP contribution in [0.3, 0.4) is 0 Å². The number of pyridine rings is 1. The Morgan fingerprint density at radius 2 is 2.06 bits per heavy atom. The number of carbonyl (C=O) groups is 1. The number of amides is 1. The zero-order chi connectivity index (χ0) is 12.3. The highest BCUT2D eigenvalue weighted by Crippen LogP contribution is 2.16. The third-order valence-electron chi connectivity index (χ3n) is 2.20. The summed E-state index contributed by atoms with van der Waals surface area (Å²) in [4.78, 5) is 15.7. The molecule has 1 aromatic heterocycles. The minimum Gasteiger partial charge on any atom is -0.396 e. The van der Waals surface area contributed by atoms with Crippen LogP contribution in [0.4, 0.5) is 15.9 Å². The molecule has 1 amide bonds. The molecule has 1 heterocycles. The molecule has 0 saturated carbocycles. The van der Waals surface area contributed by atoms with E-state index in [1.807, 2.05) is 0 Å². The van der Waals surface area contributed by atoms with Crippen LogP contribution in [0.2, 0.25) is 0 Å². The Balaban J connectivity index is 2.24. The van der Waals surface area contributed by atoms with E-state index in [4.69, 9.17) is 5.73 Å². The monoisotopic (exact) mass is 231 g/mol. The Hall–Kier alpha value is -2.43. The smallest absolute Gasteiger partial charge is 0.259 e. The lowest BCUT2D eigenvalue weighted by molar-refractivity contribution is 0.102. The van der Waals surface area contributed by atoms with Gasteiger partial charge in [-0.1, -0.05) is 12.1 Å². The Kier molecular flexibility index (Phi) is 3.00. The van der Waals surface area contributed by atoms with E-state index in [0.717, 1.165) is 0 Å². The molecule has 0 atom stereocenters. The van der Waals surface area contributed by atoms with Crippen molar-refractivity contribution >= 4 is 17.4 Å². The zero-order valence-electron chi connectivity index (χ0n) is 8.85. The first-order chi connectivity index (χ1) is 8.18. The van der Waals surface area contributed by atoms with Crippen LogP contribution in [-0.2, 0) is 0 Å². The number of nitrogens with one attached hydrogen (secondary N) is 1. The third kappa shape index (κ3) is 2.39. The summed E-state index contributed by atoms with van der Waals surface area (Å²) >= 11 is 0. The van der Waals surface area contributed by atoms with Crippen LogP contribution in [0, 0.1) is 5.82 Å². The fourth-order valence-electron chi connectivity index (χ4n) is 1.36. The minimum absolute atomic E-state index is 0.0932. The molecule has 2 aromatic rings. The zero-order valence-corrected chi connectivity index (χ0v) is 8.85. The Morgan fingerprint density at radius 3 is 2.76 bits per heavy atom. The molecule has 4 nitrogen and oxygen atoms in total. The van der Waals surface area contributed by atoms with Crippen LogP contribution < -0.4 is 11.1 Å². The maximum atomic E-state index is 13.2. The molecule has 0 aliphatic carbocycles. The molecular formula is C12H10FN3O. The summed E-state index contributed by atoms with van der Waals surface area (Å²) in [6, 6.07) is 9.18. The maximum absolute atomic E-state index is 13.2. The second-order valence-electron chi connectivity index (χ2n) is 3.37. The van der Waals surface area contributed by atoms with Gasteiger partial charge in [0.1, 0.15) is 11.6 Å². The highest BCUT2D eigenvalue weighted by Gasteiger charge is 2.12. The topological polar surface area (TPSA) is 68.0 Å². The number of carbonyl (C=O) groups excluding carboxylic acids is 1. The average Bonchev–Trinajstić information content (AvgIpc) is 2.34. The van der Waals surface area contributed by atoms with Crippen LogP contribution in [0.1, 0.15) is 10.4 Å². The summed E-state index contributed by atoms with van der Waals surface area (Å²) in [5, 5.41) is 2.53. The molecular weight excluding hydrogens is 221 g/mol. The van der Waals surface area contributed by atoms with Crippen molar-refractivity contribution in [2.45, 2.75) is 0 Å². The predicted molar refractivity (Wildman–Crippen MR) is 63.0 cm³/mol. The van der Waals surface area contributed by atoms with Gasteiger partial charge in [0.25, 0.3) is 5.91 Å². The number of hydrogen-bond donors (Lipinski definition) is 2. The van der Waals surface area contributed by atoms with E-state index in [1.54, 1.807) is 24.4 Å². The molecule has 1 aromatic carbocycles. The molecule has 0 radical (unpaired) electrons. The number of nitrogens with two attached hydrogens (primary N) is 1. The van der Waals surface area contributed by atoms with E-state index < -0.39 is 11.7 Å². The first-order valence-electron chi connectivity index (χ1n) is 4.95. The van der Waals surface area contributed by atoms with Crippen molar-refractivity contribution < 1.29 is 9.18 Å². The summed E-state index contributed by atoms with van der Waals surface area (Å²) in [6.45, 7) is 0. The van der Waals surface area contributed by atoms with E-state index in [9.17, 15) is 9.18 Å². The van der Waals surface area contributed by atoms with Gasteiger partial charge in [0, 0.05) is 6.20 Å². The van der Waals surface area contributed by atoms with E-state index >= 15 is 0 Å². The summed E-state index contributed by atoms with van der Waals surface area (Å²) < 4.78 is 13.2. The van der Waals surface area contributed by atoms with Gasteiger partial charge in [-0.25, -0.2) is 9.37 Å². The lowest BCUT2D eigenvalue weighted by atomic mass is 10.1. The molecule has 0 saturated heterocycles. The predicted octanol–water partition coefficient (Wildman–Crippen LogP) is 2.06. The number of benzene rings is 1. The van der Waals surface area contributed by atoms with E-state index in [2.05, 4.69) is 10.3 Å². The molecule has 3 N–H and O–H groups in total. The summed E-state index contributed by atoms with van der Waals surface area (Å²) in [7, 11) is 0. The molecule has 0 aliphatic rings. The lowest BCUT2D eigenvalue weighted by Crippen LogP contribution is -2.15. The number of hydrogen-bond acceptors (Lipinski definition) is 3. The molecule has 0 spiro atoms. The van der Waals surface area contributed by atoms with Crippen molar-refractivity contribution in [2.24, 2.45) is 0 Å². The first-order valence-corrected chi connectivity index (χ1v) is 4.95. The average molecular weight is 231 g/mol. The third-order valence-corrected chi connectivity index (χ3v) is 2.20. The number of para-hydroxylation sites is 1. The van der Waals surface area contributed by atoms with E-state index in [0.29, 0.717) is 5.82 Å².